The third-order valence-corrected chi connectivity index (χ3v) is 9.37. The number of carbonyl (C=O) groups excluding carboxylic acids is 2. The Balaban J connectivity index is 1.94. The predicted octanol–water partition coefficient (Wildman–Crippen LogP) is 4.94. The van der Waals surface area contributed by atoms with E-state index in [9.17, 15) is 26.8 Å². The molecule has 0 radical (unpaired) electrons. The number of halogens is 2. The van der Waals surface area contributed by atoms with Gasteiger partial charge in [-0.3, -0.25) is 19.2 Å². The Labute approximate surface area is 270 Å². The largest absolute Gasteiger partial charge is 0.496 e. The van der Waals surface area contributed by atoms with E-state index in [-0.39, 0.29) is 42.1 Å². The van der Waals surface area contributed by atoms with Gasteiger partial charge in [-0.05, 0) is 54.2 Å². The van der Waals surface area contributed by atoms with Crippen LogP contribution in [0, 0.1) is 11.6 Å². The van der Waals surface area contributed by atoms with Gasteiger partial charge in [0.1, 0.15) is 27.8 Å². The first-order chi connectivity index (χ1) is 21.7. The smallest absolute Gasteiger partial charge is 0.267 e. The van der Waals surface area contributed by atoms with Crippen LogP contribution in [0.1, 0.15) is 49.5 Å². The molecule has 1 unspecified atom stereocenters. The Morgan fingerprint density at radius 2 is 1.85 bits per heavy atom. The molecule has 2 heterocycles. The highest BCUT2D eigenvalue weighted by molar-refractivity contribution is 7.90. The molecule has 0 bridgehead atoms. The first-order valence-corrected chi connectivity index (χ1v) is 16.5. The Hall–Kier alpha value is -4.21. The summed E-state index contributed by atoms with van der Waals surface area (Å²) in [5.41, 5.74) is -1.37. The molecule has 2 aromatic carbocycles. The second-order valence-corrected chi connectivity index (χ2v) is 14.0. The molecule has 46 heavy (non-hydrogen) atoms. The minimum absolute atomic E-state index is 0.0916. The topological polar surface area (TPSA) is 133 Å². The Morgan fingerprint density at radius 1 is 1.09 bits per heavy atom. The fourth-order valence-corrected chi connectivity index (χ4v) is 6.88. The first kappa shape index (κ1) is 34.7. The van der Waals surface area contributed by atoms with Crippen molar-refractivity contribution in [2.75, 3.05) is 25.7 Å². The predicted molar refractivity (Wildman–Crippen MR) is 168 cm³/mol. The lowest BCUT2D eigenvalue weighted by atomic mass is 9.85. The summed E-state index contributed by atoms with van der Waals surface area (Å²) in [4.78, 5) is 33.7. The van der Waals surface area contributed by atoms with Gasteiger partial charge in [-0.25, -0.2) is 26.9 Å². The molecule has 2 amide bonds. The maximum atomic E-state index is 14.7. The molecule has 2 aromatic heterocycles. The number of methoxy groups -OCH3 is 2. The SMILES string of the molecule is COCCCC(Cn1cccn1)(C(=O)NS(=O)(=O)c1ccc(F)cc1F)N(C(=O)c1ccc(C(C)(C)C)c(OC)c1)c1nccs1. The van der Waals surface area contributed by atoms with Gasteiger partial charge in [0.15, 0.2) is 5.13 Å². The summed E-state index contributed by atoms with van der Waals surface area (Å²) in [6.45, 7) is 5.82. The van der Waals surface area contributed by atoms with E-state index >= 15 is 0 Å². The molecule has 4 aromatic rings. The number of carbonyl (C=O) groups is 2. The van der Waals surface area contributed by atoms with Gasteiger partial charge in [0, 0.05) is 49.3 Å². The van der Waals surface area contributed by atoms with Crippen molar-refractivity contribution in [3.05, 3.63) is 89.2 Å². The maximum Gasteiger partial charge on any atom is 0.267 e. The summed E-state index contributed by atoms with van der Waals surface area (Å²) >= 11 is 1.06. The molecule has 0 saturated carbocycles. The van der Waals surface area contributed by atoms with Crippen molar-refractivity contribution in [1.29, 1.82) is 0 Å². The van der Waals surface area contributed by atoms with Crippen LogP contribution in [0.5, 0.6) is 5.75 Å². The van der Waals surface area contributed by atoms with Gasteiger partial charge >= 0.3 is 0 Å². The average Bonchev–Trinajstić information content (AvgIpc) is 3.71. The number of hydrogen-bond donors (Lipinski definition) is 1. The second-order valence-electron chi connectivity index (χ2n) is 11.5. The zero-order valence-corrected chi connectivity index (χ0v) is 27.6. The van der Waals surface area contributed by atoms with E-state index in [1.807, 2.05) is 25.5 Å². The van der Waals surface area contributed by atoms with Gasteiger partial charge in [-0.1, -0.05) is 26.8 Å². The Morgan fingerprint density at radius 3 is 2.43 bits per heavy atom. The number of sulfonamides is 1. The molecule has 1 atom stereocenters. The quantitative estimate of drug-likeness (QED) is 0.197. The highest BCUT2D eigenvalue weighted by Crippen LogP contribution is 2.37. The van der Waals surface area contributed by atoms with Crippen molar-refractivity contribution in [1.82, 2.24) is 19.5 Å². The zero-order chi connectivity index (χ0) is 33.7. The van der Waals surface area contributed by atoms with Gasteiger partial charge < -0.3 is 9.47 Å². The number of nitrogens with zero attached hydrogens (tertiary/aromatic N) is 4. The highest BCUT2D eigenvalue weighted by atomic mass is 32.2. The third kappa shape index (κ3) is 7.43. The molecule has 15 heteroatoms. The van der Waals surface area contributed by atoms with Crippen LogP contribution in [0.4, 0.5) is 13.9 Å². The standard InChI is InChI=1S/C31H35F2N5O6S2/c1-30(2,3)23-10-8-21(18-25(23)44-5)27(39)38(29-34-14-17-45-29)31(12-6-16-43-4,20-37-15-7-13-35-37)28(40)36-46(41,42)26-11-9-22(32)19-24(26)33/h7-11,13-15,17-19H,6,12,16,20H2,1-5H3,(H,36,40). The molecular weight excluding hydrogens is 641 g/mol. The van der Waals surface area contributed by atoms with Crippen LogP contribution >= 0.6 is 11.3 Å². The first-order valence-electron chi connectivity index (χ1n) is 14.1. The number of nitrogens with one attached hydrogen (secondary N) is 1. The summed E-state index contributed by atoms with van der Waals surface area (Å²) in [5.74, 6) is -3.79. The van der Waals surface area contributed by atoms with E-state index in [0.717, 1.165) is 27.9 Å². The van der Waals surface area contributed by atoms with E-state index in [1.165, 1.54) is 31.3 Å². The van der Waals surface area contributed by atoms with Crippen LogP contribution in [-0.2, 0) is 31.5 Å². The normalized spacial score (nSPS) is 13.2. The van der Waals surface area contributed by atoms with E-state index in [2.05, 4.69) is 10.1 Å². The molecule has 1 N–H and O–H groups in total. The number of aromatic nitrogens is 3. The highest BCUT2D eigenvalue weighted by Gasteiger charge is 2.50. The van der Waals surface area contributed by atoms with Crippen LogP contribution < -0.4 is 14.4 Å². The lowest BCUT2D eigenvalue weighted by Gasteiger charge is -2.41. The van der Waals surface area contributed by atoms with Crippen LogP contribution in [0.3, 0.4) is 0 Å². The van der Waals surface area contributed by atoms with E-state index < -0.39 is 43.9 Å². The molecule has 0 fully saturated rings. The van der Waals surface area contributed by atoms with Crippen LogP contribution in [0.25, 0.3) is 0 Å². The molecule has 4 rings (SSSR count). The number of rotatable bonds is 13. The minimum atomic E-state index is -4.90. The number of anilines is 1. The zero-order valence-electron chi connectivity index (χ0n) is 26.0. The van der Waals surface area contributed by atoms with Crippen LogP contribution in [0.15, 0.2) is 71.3 Å². The van der Waals surface area contributed by atoms with E-state index in [1.54, 1.807) is 35.8 Å². The average molecular weight is 676 g/mol. The van der Waals surface area contributed by atoms with Gasteiger partial charge in [0.2, 0.25) is 0 Å². The fourth-order valence-electron chi connectivity index (χ4n) is 5.05. The molecule has 0 spiro atoms. The van der Waals surface area contributed by atoms with Crippen molar-refractivity contribution < 1.29 is 36.3 Å². The third-order valence-electron chi connectivity index (χ3n) is 7.25. The number of thiazole rings is 1. The monoisotopic (exact) mass is 675 g/mol. The van der Waals surface area contributed by atoms with Crippen molar-refractivity contribution in [2.24, 2.45) is 0 Å². The molecule has 11 nitrogen and oxygen atoms in total. The summed E-state index contributed by atoms with van der Waals surface area (Å²) < 4.78 is 69.4. The second kappa shape index (κ2) is 14.1. The Kier molecular flexibility index (Phi) is 10.6. The molecule has 0 saturated heterocycles. The summed E-state index contributed by atoms with van der Waals surface area (Å²) in [6, 6.07) is 8.39. The summed E-state index contributed by atoms with van der Waals surface area (Å²) in [7, 11) is -1.96. The lowest BCUT2D eigenvalue weighted by Crippen LogP contribution is -2.64. The minimum Gasteiger partial charge on any atom is -0.496 e. The van der Waals surface area contributed by atoms with Crippen LogP contribution in [0.2, 0.25) is 0 Å². The van der Waals surface area contributed by atoms with Crippen LogP contribution in [-0.4, -0.2) is 61.4 Å². The van der Waals surface area contributed by atoms with Gasteiger partial charge in [-0.15, -0.1) is 11.3 Å². The molecule has 246 valence electrons. The van der Waals surface area contributed by atoms with Crippen molar-refractivity contribution >= 4 is 38.3 Å². The lowest BCUT2D eigenvalue weighted by molar-refractivity contribution is -0.125. The number of amides is 2. The number of benzene rings is 2. The summed E-state index contributed by atoms with van der Waals surface area (Å²) in [6.07, 6.45) is 4.53. The maximum absolute atomic E-state index is 14.7. The molecule has 0 aliphatic heterocycles. The van der Waals surface area contributed by atoms with E-state index in [0.29, 0.717) is 17.9 Å². The number of hydrogen-bond acceptors (Lipinski definition) is 9. The number of ether oxygens (including phenoxy) is 2. The summed E-state index contributed by atoms with van der Waals surface area (Å²) in [5, 5.41) is 5.93. The van der Waals surface area contributed by atoms with Crippen molar-refractivity contribution in [2.45, 2.75) is 56.0 Å². The van der Waals surface area contributed by atoms with E-state index in [4.69, 9.17) is 9.47 Å². The van der Waals surface area contributed by atoms with Crippen molar-refractivity contribution in [3.63, 3.8) is 0 Å². The van der Waals surface area contributed by atoms with Crippen molar-refractivity contribution in [3.8, 4) is 5.75 Å². The van der Waals surface area contributed by atoms with Gasteiger partial charge in [0.25, 0.3) is 21.8 Å². The van der Waals surface area contributed by atoms with Gasteiger partial charge in [-0.2, -0.15) is 5.10 Å². The molecule has 0 aliphatic carbocycles. The van der Waals surface area contributed by atoms with Gasteiger partial charge in [0.05, 0.1) is 13.7 Å². The molecule has 0 aliphatic rings. The fraction of sp³-hybridized carbons (Fsp3) is 0.355. The molecular formula is C31H35F2N5O6S2. The Bertz CT molecular complexity index is 1780.